The Balaban J connectivity index is 2.84. The zero-order valence-electron chi connectivity index (χ0n) is 13.1. The van der Waals surface area contributed by atoms with Gasteiger partial charge in [-0.15, -0.1) is 0 Å². The predicted molar refractivity (Wildman–Crippen MR) is 83.6 cm³/mol. The Morgan fingerprint density at radius 3 is 2.25 bits per heavy atom. The number of nitrogens with two attached hydrogens (primary N) is 1. The third-order valence-corrected chi connectivity index (χ3v) is 3.60. The summed E-state index contributed by atoms with van der Waals surface area (Å²) >= 11 is 0. The molecule has 108 valence electrons. The Bertz CT molecular complexity index is 715. The molecule has 20 heavy (non-hydrogen) atoms. The van der Waals surface area contributed by atoms with Gasteiger partial charge in [0.05, 0.1) is 11.4 Å². The van der Waals surface area contributed by atoms with Gasteiger partial charge >= 0.3 is 0 Å². The van der Waals surface area contributed by atoms with Crippen LogP contribution in [0.2, 0.25) is 0 Å². The van der Waals surface area contributed by atoms with Crippen LogP contribution in [0, 0.1) is 13.8 Å². The molecule has 0 spiro atoms. The highest BCUT2D eigenvalue weighted by molar-refractivity contribution is 5.50. The number of hydrogen-bond acceptors (Lipinski definition) is 2. The molecule has 2 aromatic rings. The minimum Gasteiger partial charge on any atom is -0.393 e. The standard InChI is InChI=1S/C16H23N3O/c1-10-7-8-11(2)12(9-10)19-15(20)13(17)14(18(19)6)16(3,4)5/h7-9H,17H2,1-6H3. The minimum absolute atomic E-state index is 0.147. The number of rotatable bonds is 1. The van der Waals surface area contributed by atoms with Crippen molar-refractivity contribution in [1.82, 2.24) is 9.36 Å². The molecule has 0 amide bonds. The summed E-state index contributed by atoms with van der Waals surface area (Å²) in [5.74, 6) is 0. The predicted octanol–water partition coefficient (Wildman–Crippen LogP) is 2.67. The van der Waals surface area contributed by atoms with Crippen LogP contribution in [0.1, 0.15) is 37.6 Å². The number of hydrogen-bond donors (Lipinski definition) is 1. The van der Waals surface area contributed by atoms with E-state index in [4.69, 9.17) is 5.73 Å². The van der Waals surface area contributed by atoms with Crippen LogP contribution in [-0.2, 0) is 12.5 Å². The van der Waals surface area contributed by atoms with Crippen molar-refractivity contribution in [3.63, 3.8) is 0 Å². The average Bonchev–Trinajstić information content (AvgIpc) is 2.53. The molecule has 4 heteroatoms. The van der Waals surface area contributed by atoms with E-state index >= 15 is 0 Å². The minimum atomic E-state index is -0.180. The maximum Gasteiger partial charge on any atom is 0.294 e. The SMILES string of the molecule is Cc1ccc(C)c(-n2c(=O)c(N)c(C(C)(C)C)n2C)c1. The highest BCUT2D eigenvalue weighted by Crippen LogP contribution is 2.27. The molecule has 1 aromatic heterocycles. The molecule has 0 aliphatic carbocycles. The highest BCUT2D eigenvalue weighted by Gasteiger charge is 2.26. The zero-order chi connectivity index (χ0) is 15.2. The van der Waals surface area contributed by atoms with E-state index in [2.05, 4.69) is 20.8 Å². The lowest BCUT2D eigenvalue weighted by Gasteiger charge is -2.21. The van der Waals surface area contributed by atoms with Crippen molar-refractivity contribution >= 4 is 5.69 Å². The van der Waals surface area contributed by atoms with Gasteiger partial charge in [0.25, 0.3) is 5.56 Å². The first-order valence-electron chi connectivity index (χ1n) is 6.80. The van der Waals surface area contributed by atoms with Gasteiger partial charge in [-0.3, -0.25) is 9.48 Å². The molecule has 0 saturated carbocycles. The molecular formula is C16H23N3O. The van der Waals surface area contributed by atoms with Gasteiger partial charge in [-0.25, -0.2) is 4.68 Å². The zero-order valence-corrected chi connectivity index (χ0v) is 13.1. The average molecular weight is 273 g/mol. The molecule has 2 rings (SSSR count). The monoisotopic (exact) mass is 273 g/mol. The summed E-state index contributed by atoms with van der Waals surface area (Å²) in [7, 11) is 1.89. The second-order valence-electron chi connectivity index (χ2n) is 6.44. The van der Waals surface area contributed by atoms with Crippen molar-refractivity contribution in [2.24, 2.45) is 7.05 Å². The Labute approximate surface area is 119 Å². The Morgan fingerprint density at radius 2 is 1.75 bits per heavy atom. The molecule has 0 aliphatic heterocycles. The third-order valence-electron chi connectivity index (χ3n) is 3.60. The summed E-state index contributed by atoms with van der Waals surface area (Å²) in [6, 6.07) is 6.08. The summed E-state index contributed by atoms with van der Waals surface area (Å²) in [5, 5.41) is 0. The van der Waals surface area contributed by atoms with Crippen molar-refractivity contribution in [2.75, 3.05) is 5.73 Å². The molecular weight excluding hydrogens is 250 g/mol. The fraction of sp³-hybridized carbons (Fsp3) is 0.438. The quantitative estimate of drug-likeness (QED) is 0.868. The maximum absolute atomic E-state index is 12.5. The molecule has 1 aromatic carbocycles. The Kier molecular flexibility index (Phi) is 3.28. The van der Waals surface area contributed by atoms with E-state index in [1.807, 2.05) is 43.8 Å². The number of benzene rings is 1. The topological polar surface area (TPSA) is 52.9 Å². The molecule has 4 nitrogen and oxygen atoms in total. The summed E-state index contributed by atoms with van der Waals surface area (Å²) in [4.78, 5) is 12.5. The van der Waals surface area contributed by atoms with Crippen LogP contribution >= 0.6 is 0 Å². The van der Waals surface area contributed by atoms with Crippen molar-refractivity contribution in [3.8, 4) is 5.69 Å². The first kappa shape index (κ1) is 14.4. The van der Waals surface area contributed by atoms with Crippen LogP contribution < -0.4 is 11.3 Å². The number of aromatic nitrogens is 2. The largest absolute Gasteiger partial charge is 0.393 e. The van der Waals surface area contributed by atoms with Crippen LogP contribution in [0.5, 0.6) is 0 Å². The van der Waals surface area contributed by atoms with Crippen LogP contribution in [0.4, 0.5) is 5.69 Å². The van der Waals surface area contributed by atoms with Gasteiger partial charge < -0.3 is 5.73 Å². The molecule has 0 fully saturated rings. The van der Waals surface area contributed by atoms with E-state index in [1.54, 1.807) is 4.68 Å². The maximum atomic E-state index is 12.5. The fourth-order valence-corrected chi connectivity index (χ4v) is 2.73. The first-order chi connectivity index (χ1) is 9.14. The van der Waals surface area contributed by atoms with Gasteiger partial charge in [0.1, 0.15) is 5.69 Å². The van der Waals surface area contributed by atoms with Gasteiger partial charge in [0.2, 0.25) is 0 Å². The van der Waals surface area contributed by atoms with E-state index in [0.717, 1.165) is 22.5 Å². The van der Waals surface area contributed by atoms with Crippen LogP contribution in [0.25, 0.3) is 5.69 Å². The molecule has 2 N–H and O–H groups in total. The van der Waals surface area contributed by atoms with E-state index < -0.39 is 0 Å². The third kappa shape index (κ3) is 2.15. The summed E-state index contributed by atoms with van der Waals surface area (Å²) in [6.45, 7) is 10.2. The summed E-state index contributed by atoms with van der Waals surface area (Å²) < 4.78 is 3.54. The summed E-state index contributed by atoms with van der Waals surface area (Å²) in [6.07, 6.45) is 0. The summed E-state index contributed by atoms with van der Waals surface area (Å²) in [5.41, 5.74) is 10.00. The molecule has 0 saturated heterocycles. The second kappa shape index (κ2) is 4.54. The molecule has 0 aliphatic rings. The second-order valence-corrected chi connectivity index (χ2v) is 6.44. The number of nitrogen functional groups attached to an aromatic ring is 1. The van der Waals surface area contributed by atoms with Crippen molar-refractivity contribution in [3.05, 3.63) is 45.4 Å². The number of anilines is 1. The van der Waals surface area contributed by atoms with Crippen LogP contribution in [0.3, 0.4) is 0 Å². The van der Waals surface area contributed by atoms with Gasteiger partial charge in [0.15, 0.2) is 0 Å². The molecule has 0 bridgehead atoms. The lowest BCUT2D eigenvalue weighted by Crippen LogP contribution is -2.23. The van der Waals surface area contributed by atoms with E-state index in [9.17, 15) is 4.79 Å². The lowest BCUT2D eigenvalue weighted by molar-refractivity contribution is 0.501. The van der Waals surface area contributed by atoms with Gasteiger partial charge in [-0.05, 0) is 31.0 Å². The van der Waals surface area contributed by atoms with Crippen molar-refractivity contribution in [1.29, 1.82) is 0 Å². The molecule has 1 heterocycles. The molecule has 0 unspecified atom stereocenters. The molecule has 0 atom stereocenters. The first-order valence-corrected chi connectivity index (χ1v) is 6.80. The Morgan fingerprint density at radius 1 is 1.15 bits per heavy atom. The Hall–Kier alpha value is -1.97. The van der Waals surface area contributed by atoms with Crippen molar-refractivity contribution < 1.29 is 0 Å². The van der Waals surface area contributed by atoms with Gasteiger partial charge in [0, 0.05) is 12.5 Å². The molecule has 0 radical (unpaired) electrons. The lowest BCUT2D eigenvalue weighted by atomic mass is 9.91. The van der Waals surface area contributed by atoms with E-state index in [0.29, 0.717) is 5.69 Å². The smallest absolute Gasteiger partial charge is 0.294 e. The fourth-order valence-electron chi connectivity index (χ4n) is 2.73. The number of aryl methyl sites for hydroxylation is 2. The number of nitrogens with zero attached hydrogens (tertiary/aromatic N) is 2. The van der Waals surface area contributed by atoms with E-state index in [1.165, 1.54) is 0 Å². The van der Waals surface area contributed by atoms with E-state index in [-0.39, 0.29) is 11.0 Å². The van der Waals surface area contributed by atoms with Crippen LogP contribution in [-0.4, -0.2) is 9.36 Å². The highest BCUT2D eigenvalue weighted by atomic mass is 16.1. The van der Waals surface area contributed by atoms with Gasteiger partial charge in [-0.2, -0.15) is 0 Å². The normalized spacial score (nSPS) is 11.9. The van der Waals surface area contributed by atoms with Crippen molar-refractivity contribution in [2.45, 2.75) is 40.0 Å². The van der Waals surface area contributed by atoms with Crippen LogP contribution in [0.15, 0.2) is 23.0 Å². The van der Waals surface area contributed by atoms with Gasteiger partial charge in [-0.1, -0.05) is 32.9 Å².